The minimum Gasteiger partial charge on any atom is -0.480 e. The number of rotatable bonds is 2. The number of carbonyl (C=O) groups excluding carboxylic acids is 1. The zero-order chi connectivity index (χ0) is 17.6. The minimum absolute atomic E-state index is 0.0684. The van der Waals surface area contributed by atoms with Crippen LogP contribution in [0.4, 0.5) is 0 Å². The minimum atomic E-state index is -1.00. The van der Waals surface area contributed by atoms with Crippen molar-refractivity contribution in [2.45, 2.75) is 44.2 Å². The van der Waals surface area contributed by atoms with Crippen molar-refractivity contribution in [2.75, 3.05) is 0 Å². The van der Waals surface area contributed by atoms with Gasteiger partial charge in [-0.05, 0) is 37.3 Å². The van der Waals surface area contributed by atoms with E-state index in [-0.39, 0.29) is 17.5 Å². The summed E-state index contributed by atoms with van der Waals surface area (Å²) in [5.74, 6) is -1.32. The van der Waals surface area contributed by atoms with Crippen LogP contribution in [0.25, 0.3) is 5.65 Å². The highest BCUT2D eigenvalue weighted by atomic mass is 16.4. The maximum Gasteiger partial charge on any atom is 0.326 e. The first-order chi connectivity index (χ1) is 12.1. The van der Waals surface area contributed by atoms with Crippen molar-refractivity contribution in [3.8, 4) is 0 Å². The Kier molecular flexibility index (Phi) is 3.78. The summed E-state index contributed by atoms with van der Waals surface area (Å²) in [6, 6.07) is 4.17. The Morgan fingerprint density at radius 1 is 1.20 bits per heavy atom. The third-order valence-corrected chi connectivity index (χ3v) is 5.45. The van der Waals surface area contributed by atoms with Crippen molar-refractivity contribution in [1.82, 2.24) is 14.3 Å². The Hall–Kier alpha value is -2.70. The molecule has 3 atom stereocenters. The number of amides is 1. The van der Waals surface area contributed by atoms with Crippen molar-refractivity contribution < 1.29 is 14.7 Å². The monoisotopic (exact) mass is 341 g/mol. The maximum absolute atomic E-state index is 13.1. The number of aliphatic carboxylic acids is 1. The second kappa shape index (κ2) is 5.98. The van der Waals surface area contributed by atoms with E-state index in [1.807, 2.05) is 0 Å². The molecule has 130 valence electrons. The van der Waals surface area contributed by atoms with Crippen molar-refractivity contribution in [3.05, 3.63) is 46.5 Å². The van der Waals surface area contributed by atoms with E-state index in [0.29, 0.717) is 12.1 Å². The van der Waals surface area contributed by atoms with Gasteiger partial charge >= 0.3 is 5.97 Å². The van der Waals surface area contributed by atoms with Crippen LogP contribution in [0.3, 0.4) is 0 Å². The molecular formula is C18H19N3O4. The fourth-order valence-electron chi connectivity index (χ4n) is 4.29. The van der Waals surface area contributed by atoms with Crippen LogP contribution < -0.4 is 5.56 Å². The third kappa shape index (κ3) is 2.50. The molecule has 1 N–H and O–H groups in total. The Morgan fingerprint density at radius 2 is 2.00 bits per heavy atom. The van der Waals surface area contributed by atoms with Gasteiger partial charge in [0.2, 0.25) is 0 Å². The van der Waals surface area contributed by atoms with Gasteiger partial charge in [0, 0.05) is 18.4 Å². The molecule has 1 aliphatic carbocycles. The van der Waals surface area contributed by atoms with E-state index in [1.54, 1.807) is 24.4 Å². The van der Waals surface area contributed by atoms with Crippen LogP contribution in [0.5, 0.6) is 0 Å². The zero-order valence-corrected chi connectivity index (χ0v) is 13.7. The van der Waals surface area contributed by atoms with Crippen LogP contribution in [-0.2, 0) is 4.79 Å². The fourth-order valence-corrected chi connectivity index (χ4v) is 4.29. The number of hydrogen-bond acceptors (Lipinski definition) is 4. The summed E-state index contributed by atoms with van der Waals surface area (Å²) in [5, 5.41) is 9.57. The summed E-state index contributed by atoms with van der Waals surface area (Å²) in [5.41, 5.74) is -0.0732. The molecule has 1 saturated heterocycles. The van der Waals surface area contributed by atoms with Crippen molar-refractivity contribution in [1.29, 1.82) is 0 Å². The van der Waals surface area contributed by atoms with Gasteiger partial charge in [-0.2, -0.15) is 0 Å². The van der Waals surface area contributed by atoms with Crippen LogP contribution in [-0.4, -0.2) is 43.4 Å². The summed E-state index contributed by atoms with van der Waals surface area (Å²) < 4.78 is 1.32. The number of pyridine rings is 1. The second-order valence-electron chi connectivity index (χ2n) is 6.82. The highest BCUT2D eigenvalue weighted by Crippen LogP contribution is 2.40. The Balaban J connectivity index is 1.77. The number of hydrogen-bond donors (Lipinski definition) is 1. The van der Waals surface area contributed by atoms with Crippen LogP contribution >= 0.6 is 0 Å². The van der Waals surface area contributed by atoms with Crippen molar-refractivity contribution >= 4 is 17.5 Å². The first-order valence-corrected chi connectivity index (χ1v) is 8.60. The van der Waals surface area contributed by atoms with Gasteiger partial charge in [-0.15, -0.1) is 0 Å². The molecule has 3 heterocycles. The quantitative estimate of drug-likeness (QED) is 0.895. The second-order valence-corrected chi connectivity index (χ2v) is 6.82. The number of fused-ring (bicyclic) bond motifs is 2. The summed E-state index contributed by atoms with van der Waals surface area (Å²) in [6.07, 6.45) is 7.07. The van der Waals surface area contributed by atoms with Crippen molar-refractivity contribution in [2.24, 2.45) is 5.92 Å². The standard InChI is InChI=1S/C18H19N3O4/c22-16-12(10-19-15-7-3-4-8-20(15)16)17(23)21-13-6-2-1-5-11(13)9-14(21)18(24)25/h3-4,7-8,10-11,13-14H,1-2,5-6,9H2,(H,24,25)/t11-,13+,14+/m1/s1. The van der Waals surface area contributed by atoms with Gasteiger partial charge in [0.15, 0.2) is 0 Å². The van der Waals surface area contributed by atoms with Crippen LogP contribution in [0.2, 0.25) is 0 Å². The molecule has 1 aliphatic heterocycles. The topological polar surface area (TPSA) is 92.0 Å². The number of carboxylic acids is 1. The summed E-state index contributed by atoms with van der Waals surface area (Å²) in [7, 11) is 0. The van der Waals surface area contributed by atoms with Crippen molar-refractivity contribution in [3.63, 3.8) is 0 Å². The van der Waals surface area contributed by atoms with Gasteiger partial charge in [-0.25, -0.2) is 9.78 Å². The van der Waals surface area contributed by atoms with Crippen LogP contribution in [0, 0.1) is 5.92 Å². The van der Waals surface area contributed by atoms with Gasteiger partial charge in [0.05, 0.1) is 0 Å². The number of nitrogens with zero attached hydrogens (tertiary/aromatic N) is 3. The molecule has 2 aromatic rings. The summed E-state index contributed by atoms with van der Waals surface area (Å²) in [6.45, 7) is 0. The molecule has 1 amide bonds. The molecule has 4 rings (SSSR count). The van der Waals surface area contributed by atoms with E-state index in [2.05, 4.69) is 4.98 Å². The Morgan fingerprint density at radius 3 is 2.80 bits per heavy atom. The third-order valence-electron chi connectivity index (χ3n) is 5.45. The molecule has 0 aromatic carbocycles. The van der Waals surface area contributed by atoms with Gasteiger partial charge < -0.3 is 10.0 Å². The van der Waals surface area contributed by atoms with Gasteiger partial charge in [0.25, 0.3) is 11.5 Å². The van der Waals surface area contributed by atoms with E-state index < -0.39 is 23.5 Å². The molecule has 0 unspecified atom stereocenters. The summed E-state index contributed by atoms with van der Waals surface area (Å²) >= 11 is 0. The average molecular weight is 341 g/mol. The molecule has 7 heteroatoms. The van der Waals surface area contributed by atoms with E-state index in [0.717, 1.165) is 25.7 Å². The lowest BCUT2D eigenvalue weighted by molar-refractivity contribution is -0.141. The number of aromatic nitrogens is 2. The molecule has 2 aromatic heterocycles. The molecule has 0 spiro atoms. The Bertz CT molecular complexity index is 907. The maximum atomic E-state index is 13.1. The van der Waals surface area contributed by atoms with E-state index in [9.17, 15) is 19.5 Å². The molecular weight excluding hydrogens is 322 g/mol. The summed E-state index contributed by atoms with van der Waals surface area (Å²) in [4.78, 5) is 43.1. The predicted octanol–water partition coefficient (Wildman–Crippen LogP) is 1.55. The number of carboxylic acid groups (broad SMARTS) is 1. The highest BCUT2D eigenvalue weighted by Gasteiger charge is 2.48. The fraction of sp³-hybridized carbons (Fsp3) is 0.444. The van der Waals surface area contributed by atoms with E-state index in [1.165, 1.54) is 15.5 Å². The SMILES string of the molecule is O=C(O)[C@@H]1C[C@H]2CCCC[C@@H]2N1C(=O)c1cnc2ccccn2c1=O. The first kappa shape index (κ1) is 15.8. The van der Waals surface area contributed by atoms with Crippen LogP contribution in [0.1, 0.15) is 42.5 Å². The average Bonchev–Trinajstić information content (AvgIpc) is 3.01. The molecule has 25 heavy (non-hydrogen) atoms. The molecule has 1 saturated carbocycles. The number of likely N-dealkylation sites (tertiary alicyclic amines) is 1. The Labute approximate surface area is 143 Å². The van der Waals surface area contributed by atoms with Gasteiger partial charge in [0.1, 0.15) is 17.3 Å². The van der Waals surface area contributed by atoms with Crippen LogP contribution in [0.15, 0.2) is 35.4 Å². The van der Waals surface area contributed by atoms with E-state index in [4.69, 9.17) is 0 Å². The smallest absolute Gasteiger partial charge is 0.326 e. The van der Waals surface area contributed by atoms with E-state index >= 15 is 0 Å². The lowest BCUT2D eigenvalue weighted by Crippen LogP contribution is -2.47. The zero-order valence-electron chi connectivity index (χ0n) is 13.7. The first-order valence-electron chi connectivity index (χ1n) is 8.60. The molecule has 0 bridgehead atoms. The van der Waals surface area contributed by atoms with Gasteiger partial charge in [-0.1, -0.05) is 18.9 Å². The predicted molar refractivity (Wildman–Crippen MR) is 89.4 cm³/mol. The largest absolute Gasteiger partial charge is 0.480 e. The lowest BCUT2D eigenvalue weighted by atomic mass is 9.84. The normalized spacial score (nSPS) is 25.8. The van der Waals surface area contributed by atoms with Gasteiger partial charge in [-0.3, -0.25) is 14.0 Å². The molecule has 2 aliphatic rings. The molecule has 7 nitrogen and oxygen atoms in total. The molecule has 0 radical (unpaired) electrons. The number of carbonyl (C=O) groups is 2. The molecule has 2 fully saturated rings. The lowest BCUT2D eigenvalue weighted by Gasteiger charge is -2.32. The highest BCUT2D eigenvalue weighted by molar-refractivity contribution is 5.97.